The molecule has 2 fully saturated rings. The molecular weight excluding hydrogens is 424 g/mol. The summed E-state index contributed by atoms with van der Waals surface area (Å²) < 4.78 is 12.8. The number of methoxy groups -OCH3 is 1. The molecule has 2 heterocycles. The predicted molar refractivity (Wildman–Crippen MR) is 115 cm³/mol. The highest BCUT2D eigenvalue weighted by molar-refractivity contribution is 8.00. The maximum atomic E-state index is 12.8. The maximum absolute atomic E-state index is 12.8. The Kier molecular flexibility index (Phi) is 6.28. The molecule has 1 aliphatic heterocycles. The summed E-state index contributed by atoms with van der Waals surface area (Å²) in [6, 6.07) is 4.43. The number of anilines is 2. The third-order valence-electron chi connectivity index (χ3n) is 5.16. The van der Waals surface area contributed by atoms with Crippen molar-refractivity contribution in [2.75, 3.05) is 43.6 Å². The number of thioether (sulfide) groups is 1. The van der Waals surface area contributed by atoms with Crippen molar-refractivity contribution < 1.29 is 19.2 Å². The quantitative estimate of drug-likeness (QED) is 0.368. The standard InChI is InChI=1S/C19H24N6O5S/c1-12(17(26)20-15-11-14(25(27)28)5-6-16(15)29-2)31-19-22-21-18(24(19)13-3-4-13)23-7-9-30-10-8-23/h5-6,11-13H,3-4,7-10H2,1-2H3,(H,20,26). The summed E-state index contributed by atoms with van der Waals surface area (Å²) in [6.07, 6.45) is 2.13. The van der Waals surface area contributed by atoms with Crippen molar-refractivity contribution in [2.45, 2.75) is 36.2 Å². The second kappa shape index (κ2) is 9.10. The van der Waals surface area contributed by atoms with E-state index in [0.29, 0.717) is 30.2 Å². The maximum Gasteiger partial charge on any atom is 0.271 e. The average Bonchev–Trinajstić information content (AvgIpc) is 3.53. The van der Waals surface area contributed by atoms with Gasteiger partial charge in [-0.3, -0.25) is 19.5 Å². The number of nitro groups is 1. The van der Waals surface area contributed by atoms with Gasteiger partial charge in [-0.05, 0) is 25.8 Å². The topological polar surface area (TPSA) is 125 Å². The number of nitro benzene ring substituents is 1. The van der Waals surface area contributed by atoms with Gasteiger partial charge in [-0.1, -0.05) is 11.8 Å². The number of amides is 1. The molecule has 1 aliphatic carbocycles. The van der Waals surface area contributed by atoms with E-state index in [2.05, 4.69) is 25.0 Å². The lowest BCUT2D eigenvalue weighted by molar-refractivity contribution is -0.384. The molecule has 0 bridgehead atoms. The van der Waals surface area contributed by atoms with Crippen molar-refractivity contribution in [3.05, 3.63) is 28.3 Å². The molecule has 166 valence electrons. The number of carbonyl (C=O) groups excluding carboxylic acids is 1. The Labute approximate surface area is 183 Å². The first-order valence-corrected chi connectivity index (χ1v) is 10.9. The van der Waals surface area contributed by atoms with Crippen molar-refractivity contribution >= 4 is 35.0 Å². The van der Waals surface area contributed by atoms with E-state index in [4.69, 9.17) is 9.47 Å². The summed E-state index contributed by atoms with van der Waals surface area (Å²) in [5.74, 6) is 0.871. The van der Waals surface area contributed by atoms with Gasteiger partial charge in [0, 0.05) is 31.3 Å². The molecule has 2 aromatic rings. The molecule has 1 aromatic carbocycles. The molecule has 1 amide bonds. The van der Waals surface area contributed by atoms with Gasteiger partial charge in [-0.25, -0.2) is 0 Å². The van der Waals surface area contributed by atoms with Gasteiger partial charge in [0.05, 0.1) is 36.2 Å². The normalized spacial score (nSPS) is 17.3. The van der Waals surface area contributed by atoms with Crippen LogP contribution in [0.1, 0.15) is 25.8 Å². The zero-order valence-electron chi connectivity index (χ0n) is 17.3. The Morgan fingerprint density at radius 1 is 1.35 bits per heavy atom. The van der Waals surface area contributed by atoms with E-state index < -0.39 is 10.2 Å². The summed E-state index contributed by atoms with van der Waals surface area (Å²) >= 11 is 1.32. The molecule has 0 radical (unpaired) electrons. The van der Waals surface area contributed by atoms with E-state index in [1.54, 1.807) is 6.92 Å². The number of morpholine rings is 1. The van der Waals surface area contributed by atoms with E-state index in [1.165, 1.54) is 37.1 Å². The molecule has 1 atom stereocenters. The SMILES string of the molecule is COc1ccc([N+](=O)[O-])cc1NC(=O)C(C)Sc1nnc(N2CCOCC2)n1C1CC1. The van der Waals surface area contributed by atoms with Crippen LogP contribution in [0.3, 0.4) is 0 Å². The van der Waals surface area contributed by atoms with E-state index in [1.807, 2.05) is 0 Å². The number of ether oxygens (including phenoxy) is 2. The highest BCUT2D eigenvalue weighted by Crippen LogP contribution is 2.42. The Morgan fingerprint density at radius 2 is 2.10 bits per heavy atom. The Balaban J connectivity index is 1.49. The van der Waals surface area contributed by atoms with Crippen LogP contribution in [0.4, 0.5) is 17.3 Å². The van der Waals surface area contributed by atoms with Crippen LogP contribution in [0.15, 0.2) is 23.4 Å². The summed E-state index contributed by atoms with van der Waals surface area (Å²) in [5.41, 5.74) is 0.131. The number of hydrogen-bond acceptors (Lipinski definition) is 9. The van der Waals surface area contributed by atoms with Gasteiger partial charge in [0.15, 0.2) is 5.16 Å². The van der Waals surface area contributed by atoms with Gasteiger partial charge in [0.25, 0.3) is 5.69 Å². The lowest BCUT2D eigenvalue weighted by atomic mass is 10.2. The van der Waals surface area contributed by atoms with E-state index in [9.17, 15) is 14.9 Å². The third kappa shape index (κ3) is 4.74. The summed E-state index contributed by atoms with van der Waals surface area (Å²) in [6.45, 7) is 4.61. The monoisotopic (exact) mass is 448 g/mol. The summed E-state index contributed by atoms with van der Waals surface area (Å²) in [5, 5.41) is 22.7. The Bertz CT molecular complexity index is 973. The number of rotatable bonds is 8. The second-order valence-corrected chi connectivity index (χ2v) is 8.68. The fraction of sp³-hybridized carbons (Fsp3) is 0.526. The number of nitrogens with zero attached hydrogens (tertiary/aromatic N) is 5. The highest BCUT2D eigenvalue weighted by atomic mass is 32.2. The minimum Gasteiger partial charge on any atom is -0.495 e. The first-order valence-electron chi connectivity index (χ1n) is 10.1. The minimum absolute atomic E-state index is 0.125. The van der Waals surface area contributed by atoms with Gasteiger partial charge < -0.3 is 19.7 Å². The molecule has 1 saturated carbocycles. The molecule has 1 unspecified atom stereocenters. The molecule has 4 rings (SSSR count). The molecule has 1 N–H and O–H groups in total. The van der Waals surface area contributed by atoms with E-state index >= 15 is 0 Å². The van der Waals surface area contributed by atoms with Crippen LogP contribution < -0.4 is 15.0 Å². The second-order valence-electron chi connectivity index (χ2n) is 7.37. The first kappa shape index (κ1) is 21.4. The third-order valence-corrected chi connectivity index (χ3v) is 6.21. The number of nitrogens with one attached hydrogen (secondary N) is 1. The van der Waals surface area contributed by atoms with Crippen LogP contribution in [-0.2, 0) is 9.53 Å². The van der Waals surface area contributed by atoms with Crippen LogP contribution in [0, 0.1) is 10.1 Å². The number of aromatic nitrogens is 3. The minimum atomic E-state index is -0.515. The molecule has 11 nitrogen and oxygen atoms in total. The largest absolute Gasteiger partial charge is 0.495 e. The van der Waals surface area contributed by atoms with Gasteiger partial charge in [-0.15, -0.1) is 10.2 Å². The Hall–Kier alpha value is -2.86. The number of hydrogen-bond donors (Lipinski definition) is 1. The molecule has 0 spiro atoms. The first-order chi connectivity index (χ1) is 15.0. The predicted octanol–water partition coefficient (Wildman–Crippen LogP) is 2.49. The highest BCUT2D eigenvalue weighted by Gasteiger charge is 2.33. The van der Waals surface area contributed by atoms with Crippen molar-refractivity contribution in [3.8, 4) is 5.75 Å². The van der Waals surface area contributed by atoms with Crippen LogP contribution in [0.25, 0.3) is 0 Å². The fourth-order valence-electron chi connectivity index (χ4n) is 3.33. The zero-order valence-corrected chi connectivity index (χ0v) is 18.1. The smallest absolute Gasteiger partial charge is 0.271 e. The number of carbonyl (C=O) groups is 1. The van der Waals surface area contributed by atoms with Crippen molar-refractivity contribution in [1.82, 2.24) is 14.8 Å². The van der Waals surface area contributed by atoms with Crippen LogP contribution >= 0.6 is 11.8 Å². The lowest BCUT2D eigenvalue weighted by Gasteiger charge is -2.28. The molecular formula is C19H24N6O5S. The zero-order chi connectivity index (χ0) is 22.0. The van der Waals surface area contributed by atoms with Crippen LogP contribution in [0.5, 0.6) is 5.75 Å². The van der Waals surface area contributed by atoms with Gasteiger partial charge in [0.1, 0.15) is 5.75 Å². The molecule has 1 aromatic heterocycles. The number of benzene rings is 1. The lowest BCUT2D eigenvalue weighted by Crippen LogP contribution is -2.38. The summed E-state index contributed by atoms with van der Waals surface area (Å²) in [7, 11) is 1.44. The van der Waals surface area contributed by atoms with Crippen LogP contribution in [0.2, 0.25) is 0 Å². The molecule has 12 heteroatoms. The molecule has 31 heavy (non-hydrogen) atoms. The van der Waals surface area contributed by atoms with Crippen molar-refractivity contribution in [3.63, 3.8) is 0 Å². The van der Waals surface area contributed by atoms with Gasteiger partial charge in [0.2, 0.25) is 11.9 Å². The van der Waals surface area contributed by atoms with Gasteiger partial charge in [-0.2, -0.15) is 0 Å². The van der Waals surface area contributed by atoms with Crippen LogP contribution in [-0.4, -0.2) is 64.3 Å². The van der Waals surface area contributed by atoms with Gasteiger partial charge >= 0.3 is 0 Å². The summed E-state index contributed by atoms with van der Waals surface area (Å²) in [4.78, 5) is 25.6. The van der Waals surface area contributed by atoms with Crippen molar-refractivity contribution in [2.24, 2.45) is 0 Å². The average molecular weight is 449 g/mol. The molecule has 2 aliphatic rings. The van der Waals surface area contributed by atoms with E-state index in [0.717, 1.165) is 31.9 Å². The molecule has 1 saturated heterocycles. The fourth-order valence-corrected chi connectivity index (χ4v) is 4.25. The van der Waals surface area contributed by atoms with Crippen molar-refractivity contribution in [1.29, 1.82) is 0 Å². The Morgan fingerprint density at radius 3 is 2.74 bits per heavy atom. The van der Waals surface area contributed by atoms with E-state index in [-0.39, 0.29) is 17.3 Å². The number of non-ortho nitro benzene ring substituents is 1.